The van der Waals surface area contributed by atoms with Crippen molar-refractivity contribution in [2.75, 3.05) is 0 Å². The van der Waals surface area contributed by atoms with E-state index in [2.05, 4.69) is 12.1 Å². The van der Waals surface area contributed by atoms with E-state index in [-0.39, 0.29) is 12.2 Å². The topological polar surface area (TPSA) is 66.0 Å². The Bertz CT molecular complexity index is 413. The van der Waals surface area contributed by atoms with Gasteiger partial charge in [0.1, 0.15) is 0 Å². The normalized spacial score (nSPS) is 26.8. The van der Waals surface area contributed by atoms with Crippen LogP contribution in [0.15, 0.2) is 0 Å². The largest absolute Gasteiger partial charge is 0.347 e. The van der Waals surface area contributed by atoms with Gasteiger partial charge in [-0.15, -0.1) is 0 Å². The van der Waals surface area contributed by atoms with Gasteiger partial charge in [-0.2, -0.15) is 10.5 Å². The number of ether oxygens (including phenoxy) is 2. The van der Waals surface area contributed by atoms with Crippen LogP contribution < -0.4 is 0 Å². The minimum atomic E-state index is -1.01. The van der Waals surface area contributed by atoms with Gasteiger partial charge in [0.2, 0.25) is 0 Å². The highest BCUT2D eigenvalue weighted by Crippen LogP contribution is 2.40. The first-order valence-electron chi connectivity index (χ1n) is 8.19. The lowest BCUT2D eigenvalue weighted by Gasteiger charge is -2.40. The van der Waals surface area contributed by atoms with E-state index in [0.717, 1.165) is 32.1 Å². The van der Waals surface area contributed by atoms with Crippen LogP contribution in [0.1, 0.15) is 71.6 Å². The van der Waals surface area contributed by atoms with Crippen LogP contribution in [-0.2, 0) is 9.47 Å². The number of nitriles is 2. The molecule has 4 nitrogen and oxygen atoms in total. The summed E-state index contributed by atoms with van der Waals surface area (Å²) in [6.45, 7) is 3.82. The molecule has 0 aromatic rings. The predicted molar refractivity (Wildman–Crippen MR) is 79.0 cm³/mol. The van der Waals surface area contributed by atoms with Gasteiger partial charge in [0, 0.05) is 0 Å². The molecule has 0 heterocycles. The SMILES string of the molecule is CC(C)(OC1CCCCC1)OC1CCCCC1(C#N)C#N. The van der Waals surface area contributed by atoms with Crippen LogP contribution in [0.4, 0.5) is 0 Å². The molecule has 0 N–H and O–H groups in total. The van der Waals surface area contributed by atoms with Crippen LogP contribution in [0.25, 0.3) is 0 Å². The average molecular weight is 290 g/mol. The zero-order chi connectivity index (χ0) is 15.3. The third kappa shape index (κ3) is 3.96. The van der Waals surface area contributed by atoms with E-state index >= 15 is 0 Å². The molecular weight excluding hydrogens is 264 g/mol. The van der Waals surface area contributed by atoms with Gasteiger partial charge in [0.15, 0.2) is 11.2 Å². The summed E-state index contributed by atoms with van der Waals surface area (Å²) in [5.74, 6) is -0.733. The molecule has 0 amide bonds. The predicted octanol–water partition coefficient (Wildman–Crippen LogP) is 4.06. The Labute approximate surface area is 128 Å². The van der Waals surface area contributed by atoms with Crippen LogP contribution in [0.2, 0.25) is 0 Å². The van der Waals surface area contributed by atoms with E-state index in [1.54, 1.807) is 0 Å². The van der Waals surface area contributed by atoms with Gasteiger partial charge < -0.3 is 9.47 Å². The van der Waals surface area contributed by atoms with E-state index in [9.17, 15) is 10.5 Å². The lowest BCUT2D eigenvalue weighted by molar-refractivity contribution is -0.274. The molecule has 2 saturated carbocycles. The maximum atomic E-state index is 9.44. The number of hydrogen-bond acceptors (Lipinski definition) is 4. The second kappa shape index (κ2) is 6.77. The second-order valence-corrected chi connectivity index (χ2v) is 6.82. The molecule has 0 aliphatic heterocycles. The molecule has 21 heavy (non-hydrogen) atoms. The van der Waals surface area contributed by atoms with Gasteiger partial charge in [-0.05, 0) is 39.5 Å². The molecule has 1 unspecified atom stereocenters. The van der Waals surface area contributed by atoms with E-state index in [4.69, 9.17) is 9.47 Å². The standard InChI is InChI=1S/C17H26N2O2/c1-16(2,20-14-8-4-3-5-9-14)21-15-10-6-7-11-17(15,12-18)13-19/h14-15H,3-11H2,1-2H3. The summed E-state index contributed by atoms with van der Waals surface area (Å²) in [6.07, 6.45) is 9.07. The molecule has 0 bridgehead atoms. The third-order valence-electron chi connectivity index (χ3n) is 4.66. The van der Waals surface area contributed by atoms with Crippen LogP contribution >= 0.6 is 0 Å². The van der Waals surface area contributed by atoms with E-state index in [0.29, 0.717) is 6.42 Å². The van der Waals surface area contributed by atoms with Crippen LogP contribution in [0, 0.1) is 28.1 Å². The molecule has 116 valence electrons. The highest BCUT2D eigenvalue weighted by molar-refractivity contribution is 5.19. The highest BCUT2D eigenvalue weighted by Gasteiger charge is 2.45. The Morgan fingerprint density at radius 2 is 1.52 bits per heavy atom. The summed E-state index contributed by atoms with van der Waals surface area (Å²) in [5.41, 5.74) is -1.01. The molecule has 2 aliphatic rings. The van der Waals surface area contributed by atoms with Gasteiger partial charge in [-0.25, -0.2) is 0 Å². The maximum Gasteiger partial charge on any atom is 0.169 e. The smallest absolute Gasteiger partial charge is 0.169 e. The van der Waals surface area contributed by atoms with E-state index in [1.807, 2.05) is 13.8 Å². The Morgan fingerprint density at radius 1 is 0.905 bits per heavy atom. The Morgan fingerprint density at radius 3 is 2.14 bits per heavy atom. The van der Waals surface area contributed by atoms with Crippen molar-refractivity contribution in [2.45, 2.75) is 89.6 Å². The van der Waals surface area contributed by atoms with Crippen molar-refractivity contribution in [3.63, 3.8) is 0 Å². The molecule has 0 aromatic carbocycles. The first-order valence-corrected chi connectivity index (χ1v) is 8.19. The molecule has 0 saturated heterocycles. The van der Waals surface area contributed by atoms with Crippen molar-refractivity contribution < 1.29 is 9.47 Å². The molecule has 2 fully saturated rings. The van der Waals surface area contributed by atoms with Gasteiger partial charge in [0.05, 0.1) is 24.3 Å². The van der Waals surface area contributed by atoms with Crippen molar-refractivity contribution in [2.24, 2.45) is 5.41 Å². The van der Waals surface area contributed by atoms with Gasteiger partial charge in [-0.3, -0.25) is 0 Å². The van der Waals surface area contributed by atoms with Crippen LogP contribution in [0.3, 0.4) is 0 Å². The van der Waals surface area contributed by atoms with Crippen molar-refractivity contribution >= 4 is 0 Å². The molecule has 2 rings (SSSR count). The van der Waals surface area contributed by atoms with Crippen molar-refractivity contribution in [3.8, 4) is 12.1 Å². The van der Waals surface area contributed by atoms with Gasteiger partial charge in [-0.1, -0.05) is 32.1 Å². The Hall–Kier alpha value is -1.10. The highest BCUT2D eigenvalue weighted by atomic mass is 16.7. The van der Waals surface area contributed by atoms with E-state index in [1.165, 1.54) is 19.3 Å². The lowest BCUT2D eigenvalue weighted by Crippen LogP contribution is -2.45. The fourth-order valence-electron chi connectivity index (χ4n) is 3.54. The first-order chi connectivity index (χ1) is 10.0. The molecular formula is C17H26N2O2. The summed E-state index contributed by atoms with van der Waals surface area (Å²) >= 11 is 0. The van der Waals surface area contributed by atoms with Crippen molar-refractivity contribution in [1.29, 1.82) is 10.5 Å². The Kier molecular flexibility index (Phi) is 5.25. The summed E-state index contributed by atoms with van der Waals surface area (Å²) in [7, 11) is 0. The number of hydrogen-bond donors (Lipinski definition) is 0. The lowest BCUT2D eigenvalue weighted by atomic mass is 9.74. The maximum absolute atomic E-state index is 9.44. The first kappa shape index (κ1) is 16.3. The average Bonchev–Trinajstić information content (AvgIpc) is 2.48. The van der Waals surface area contributed by atoms with Gasteiger partial charge >= 0.3 is 0 Å². The van der Waals surface area contributed by atoms with Gasteiger partial charge in [0.25, 0.3) is 0 Å². The Balaban J connectivity index is 2.00. The number of rotatable bonds is 4. The second-order valence-electron chi connectivity index (χ2n) is 6.82. The van der Waals surface area contributed by atoms with Crippen molar-refractivity contribution in [1.82, 2.24) is 0 Å². The zero-order valence-corrected chi connectivity index (χ0v) is 13.2. The van der Waals surface area contributed by atoms with E-state index < -0.39 is 11.2 Å². The molecule has 2 aliphatic carbocycles. The molecule has 0 radical (unpaired) electrons. The molecule has 1 atom stereocenters. The molecule has 0 spiro atoms. The van der Waals surface area contributed by atoms with Crippen molar-refractivity contribution in [3.05, 3.63) is 0 Å². The fraction of sp³-hybridized carbons (Fsp3) is 0.882. The summed E-state index contributed by atoms with van der Waals surface area (Å²) < 4.78 is 12.2. The monoisotopic (exact) mass is 290 g/mol. The molecule has 4 heteroatoms. The fourth-order valence-corrected chi connectivity index (χ4v) is 3.54. The zero-order valence-electron chi connectivity index (χ0n) is 13.2. The number of nitrogens with zero attached hydrogens (tertiary/aromatic N) is 2. The summed E-state index contributed by atoms with van der Waals surface area (Å²) in [6, 6.07) is 4.40. The van der Waals surface area contributed by atoms with Crippen LogP contribution in [-0.4, -0.2) is 18.0 Å². The summed E-state index contributed by atoms with van der Waals surface area (Å²) in [4.78, 5) is 0. The minimum absolute atomic E-state index is 0.246. The van der Waals surface area contributed by atoms with Crippen LogP contribution in [0.5, 0.6) is 0 Å². The third-order valence-corrected chi connectivity index (χ3v) is 4.66. The summed E-state index contributed by atoms with van der Waals surface area (Å²) in [5, 5.41) is 18.9. The molecule has 0 aromatic heterocycles. The minimum Gasteiger partial charge on any atom is -0.347 e. The quantitative estimate of drug-likeness (QED) is 0.732.